The van der Waals surface area contributed by atoms with E-state index >= 15 is 0 Å². The largest absolute Gasteiger partial charge is 0.481 e. The standard InChI is InChI=1S/C21H29N5O7S2/c1-5-9-34-19-15-18(22-21(23-19)35-10-6-2)26(25-24-15)20-17(32-12(4)28)16(31-11(3)27)13(33-20)7-8-14(29)30/h13,16-17,20H,5-10H2,1-4H3,(H,29,30)/t13-,16-,17-,20-/m1/s1. The Morgan fingerprint density at radius 3 is 2.31 bits per heavy atom. The Bertz CT molecular complexity index is 1070. The van der Waals surface area contributed by atoms with E-state index in [2.05, 4.69) is 34.1 Å². The second kappa shape index (κ2) is 12.5. The highest BCUT2D eigenvalue weighted by molar-refractivity contribution is 7.99. The van der Waals surface area contributed by atoms with Gasteiger partial charge in [0.15, 0.2) is 34.8 Å². The summed E-state index contributed by atoms with van der Waals surface area (Å²) in [5.41, 5.74) is 0.868. The molecule has 4 atom stereocenters. The van der Waals surface area contributed by atoms with Crippen LogP contribution in [-0.2, 0) is 28.6 Å². The SMILES string of the molecule is CCCSc1nc(SCCC)c2nnn([C@@H]3O[C@H](CCC(=O)O)[C@@H](OC(C)=O)[C@H]3OC(C)=O)c2n1. The van der Waals surface area contributed by atoms with Crippen molar-refractivity contribution in [2.24, 2.45) is 0 Å². The molecular weight excluding hydrogens is 498 g/mol. The zero-order chi connectivity index (χ0) is 25.5. The van der Waals surface area contributed by atoms with Gasteiger partial charge in [-0.2, -0.15) is 4.68 Å². The number of fused-ring (bicyclic) bond motifs is 1. The van der Waals surface area contributed by atoms with Gasteiger partial charge in [0.05, 0.1) is 0 Å². The Kier molecular flexibility index (Phi) is 9.69. The summed E-state index contributed by atoms with van der Waals surface area (Å²) in [6.45, 7) is 6.58. The van der Waals surface area contributed by atoms with Crippen LogP contribution in [0.15, 0.2) is 10.2 Å². The molecule has 0 saturated carbocycles. The molecule has 1 saturated heterocycles. The molecule has 192 valence electrons. The molecule has 0 aliphatic carbocycles. The lowest BCUT2D eigenvalue weighted by atomic mass is 10.1. The molecule has 1 fully saturated rings. The van der Waals surface area contributed by atoms with Crippen LogP contribution >= 0.6 is 23.5 Å². The summed E-state index contributed by atoms with van der Waals surface area (Å²) in [6, 6.07) is 0. The minimum absolute atomic E-state index is 0.0400. The Morgan fingerprint density at radius 1 is 1.03 bits per heavy atom. The molecule has 0 radical (unpaired) electrons. The number of hydrogen-bond acceptors (Lipinski definition) is 12. The molecule has 0 amide bonds. The van der Waals surface area contributed by atoms with Crippen LogP contribution < -0.4 is 0 Å². The van der Waals surface area contributed by atoms with Crippen LogP contribution in [0.25, 0.3) is 11.2 Å². The van der Waals surface area contributed by atoms with Crippen molar-refractivity contribution < 1.29 is 33.7 Å². The van der Waals surface area contributed by atoms with Gasteiger partial charge in [-0.15, -0.1) is 16.9 Å². The van der Waals surface area contributed by atoms with Crippen LogP contribution in [-0.4, -0.2) is 77.8 Å². The highest BCUT2D eigenvalue weighted by Crippen LogP contribution is 2.38. The average molecular weight is 528 g/mol. The molecule has 0 spiro atoms. The smallest absolute Gasteiger partial charge is 0.303 e. The van der Waals surface area contributed by atoms with E-state index in [1.807, 2.05) is 0 Å². The van der Waals surface area contributed by atoms with Crippen molar-refractivity contribution in [1.82, 2.24) is 25.0 Å². The third kappa shape index (κ3) is 6.82. The van der Waals surface area contributed by atoms with Gasteiger partial charge in [0.2, 0.25) is 0 Å². The van der Waals surface area contributed by atoms with Gasteiger partial charge in [-0.1, -0.05) is 30.8 Å². The number of carbonyl (C=O) groups excluding carboxylic acids is 2. The maximum absolute atomic E-state index is 11.9. The molecule has 14 heteroatoms. The molecule has 1 aliphatic heterocycles. The first-order chi connectivity index (χ1) is 16.7. The van der Waals surface area contributed by atoms with E-state index in [1.54, 1.807) is 11.8 Å². The summed E-state index contributed by atoms with van der Waals surface area (Å²) in [5.74, 6) is -0.598. The molecule has 35 heavy (non-hydrogen) atoms. The minimum atomic E-state index is -1.08. The fourth-order valence-corrected chi connectivity index (χ4v) is 5.14. The number of ether oxygens (including phenoxy) is 3. The lowest BCUT2D eigenvalue weighted by Crippen LogP contribution is -2.39. The summed E-state index contributed by atoms with van der Waals surface area (Å²) in [7, 11) is 0. The predicted octanol–water partition coefficient (Wildman–Crippen LogP) is 2.85. The predicted molar refractivity (Wildman–Crippen MR) is 127 cm³/mol. The van der Waals surface area contributed by atoms with Gasteiger partial charge in [-0.25, -0.2) is 9.97 Å². The van der Waals surface area contributed by atoms with Crippen molar-refractivity contribution >= 4 is 52.6 Å². The van der Waals surface area contributed by atoms with Crippen molar-refractivity contribution in [3.63, 3.8) is 0 Å². The third-order valence-corrected chi connectivity index (χ3v) is 7.15. The Hall–Kier alpha value is -2.45. The number of carboxylic acids is 1. The molecule has 2 aromatic heterocycles. The molecule has 1 aliphatic rings. The minimum Gasteiger partial charge on any atom is -0.481 e. The lowest BCUT2D eigenvalue weighted by molar-refractivity contribution is -0.165. The van der Waals surface area contributed by atoms with Crippen LogP contribution in [0, 0.1) is 0 Å². The van der Waals surface area contributed by atoms with Gasteiger partial charge in [0, 0.05) is 26.0 Å². The van der Waals surface area contributed by atoms with E-state index in [9.17, 15) is 14.4 Å². The van der Waals surface area contributed by atoms with Crippen molar-refractivity contribution in [3.8, 4) is 0 Å². The molecule has 3 rings (SSSR count). The number of hydrogen-bond donors (Lipinski definition) is 1. The first-order valence-corrected chi connectivity index (χ1v) is 13.3. The van der Waals surface area contributed by atoms with Gasteiger partial charge >= 0.3 is 17.9 Å². The molecule has 2 aromatic rings. The first-order valence-electron chi connectivity index (χ1n) is 11.3. The highest BCUT2D eigenvalue weighted by Gasteiger charge is 2.51. The summed E-state index contributed by atoms with van der Waals surface area (Å²) in [5, 5.41) is 18.9. The number of thioether (sulfide) groups is 2. The van der Waals surface area contributed by atoms with E-state index in [0.717, 1.165) is 24.3 Å². The number of rotatable bonds is 12. The monoisotopic (exact) mass is 527 g/mol. The van der Waals surface area contributed by atoms with Crippen LogP contribution in [0.4, 0.5) is 0 Å². The van der Waals surface area contributed by atoms with Gasteiger partial charge in [0.1, 0.15) is 11.1 Å². The van der Waals surface area contributed by atoms with Crippen LogP contribution in [0.5, 0.6) is 0 Å². The number of nitrogens with zero attached hydrogens (tertiary/aromatic N) is 5. The average Bonchev–Trinajstić information content (AvgIpc) is 3.35. The molecule has 3 heterocycles. The van der Waals surface area contributed by atoms with Crippen LogP contribution in [0.1, 0.15) is 59.6 Å². The topological polar surface area (TPSA) is 156 Å². The second-order valence-corrected chi connectivity index (χ2v) is 10.0. The number of aliphatic carboxylic acids is 1. The lowest BCUT2D eigenvalue weighted by Gasteiger charge is -2.23. The molecule has 1 N–H and O–H groups in total. The van der Waals surface area contributed by atoms with Crippen molar-refractivity contribution in [1.29, 1.82) is 0 Å². The maximum atomic E-state index is 11.9. The van der Waals surface area contributed by atoms with E-state index in [1.165, 1.54) is 30.3 Å². The highest BCUT2D eigenvalue weighted by atomic mass is 32.2. The van der Waals surface area contributed by atoms with Crippen LogP contribution in [0.3, 0.4) is 0 Å². The molecule has 0 unspecified atom stereocenters. The zero-order valence-corrected chi connectivity index (χ0v) is 21.6. The Labute approximate surface area is 210 Å². The van der Waals surface area contributed by atoms with Crippen LogP contribution in [0.2, 0.25) is 0 Å². The van der Waals surface area contributed by atoms with E-state index < -0.39 is 42.4 Å². The van der Waals surface area contributed by atoms with E-state index in [0.29, 0.717) is 21.3 Å². The Balaban J connectivity index is 2.07. The fourth-order valence-electron chi connectivity index (χ4n) is 3.57. The maximum Gasteiger partial charge on any atom is 0.303 e. The van der Waals surface area contributed by atoms with Crippen molar-refractivity contribution in [3.05, 3.63) is 0 Å². The number of carboxylic acid groups (broad SMARTS) is 1. The fraction of sp³-hybridized carbons (Fsp3) is 0.667. The number of aromatic nitrogens is 5. The number of carbonyl (C=O) groups is 3. The van der Waals surface area contributed by atoms with Crippen molar-refractivity contribution in [2.75, 3.05) is 11.5 Å². The van der Waals surface area contributed by atoms with Gasteiger partial charge in [-0.3, -0.25) is 14.4 Å². The zero-order valence-electron chi connectivity index (χ0n) is 20.0. The molecule has 0 bridgehead atoms. The normalized spacial score (nSPS) is 21.8. The second-order valence-electron chi connectivity index (χ2n) is 7.86. The van der Waals surface area contributed by atoms with E-state index in [-0.39, 0.29) is 12.8 Å². The summed E-state index contributed by atoms with van der Waals surface area (Å²) >= 11 is 3.05. The number of esters is 2. The van der Waals surface area contributed by atoms with Crippen molar-refractivity contribution in [2.45, 2.75) is 88.1 Å². The van der Waals surface area contributed by atoms with E-state index in [4.69, 9.17) is 19.3 Å². The molecule has 12 nitrogen and oxygen atoms in total. The molecule has 0 aromatic carbocycles. The summed E-state index contributed by atoms with van der Waals surface area (Å²) in [4.78, 5) is 44.2. The first kappa shape index (κ1) is 27.1. The van der Waals surface area contributed by atoms with Gasteiger partial charge in [-0.05, 0) is 25.0 Å². The summed E-state index contributed by atoms with van der Waals surface area (Å²) in [6.07, 6.45) is -2.27. The van der Waals surface area contributed by atoms with Gasteiger partial charge in [0.25, 0.3) is 0 Å². The molecular formula is C21H29N5O7S2. The third-order valence-electron chi connectivity index (χ3n) is 4.92. The quantitative estimate of drug-likeness (QED) is 0.186. The summed E-state index contributed by atoms with van der Waals surface area (Å²) < 4.78 is 18.4. The Morgan fingerprint density at radius 2 is 1.69 bits per heavy atom. The van der Waals surface area contributed by atoms with Gasteiger partial charge < -0.3 is 19.3 Å².